The SMILES string of the molecule is CCNC(=NCCCC(=O)N1CCc2ccccc2C1)N(C)CCc1cccs1.I. The Bertz CT molecular complexity index is 809. The molecule has 1 aromatic carbocycles. The summed E-state index contributed by atoms with van der Waals surface area (Å²) < 4.78 is 0. The molecule has 7 heteroatoms. The van der Waals surface area contributed by atoms with Crippen molar-refractivity contribution in [1.82, 2.24) is 15.1 Å². The van der Waals surface area contributed by atoms with Gasteiger partial charge in [-0.25, -0.2) is 0 Å². The van der Waals surface area contributed by atoms with E-state index >= 15 is 0 Å². The molecule has 0 saturated heterocycles. The topological polar surface area (TPSA) is 47.9 Å². The van der Waals surface area contributed by atoms with Gasteiger partial charge in [0, 0.05) is 51.1 Å². The molecule has 1 N–H and O–H groups in total. The van der Waals surface area contributed by atoms with Gasteiger partial charge in [-0.3, -0.25) is 9.79 Å². The molecular formula is C23H33IN4OS. The lowest BCUT2D eigenvalue weighted by Gasteiger charge is -2.29. The Labute approximate surface area is 201 Å². The first-order valence-corrected chi connectivity index (χ1v) is 11.4. The number of carbonyl (C=O) groups is 1. The molecule has 2 aromatic rings. The van der Waals surface area contributed by atoms with Crippen molar-refractivity contribution in [2.75, 3.05) is 33.2 Å². The monoisotopic (exact) mass is 540 g/mol. The molecule has 164 valence electrons. The van der Waals surface area contributed by atoms with Gasteiger partial charge in [0.2, 0.25) is 5.91 Å². The lowest BCUT2D eigenvalue weighted by atomic mass is 9.99. The quantitative estimate of drug-likeness (QED) is 0.237. The summed E-state index contributed by atoms with van der Waals surface area (Å²) in [6, 6.07) is 12.7. The summed E-state index contributed by atoms with van der Waals surface area (Å²) in [4.78, 5) is 22.9. The van der Waals surface area contributed by atoms with Crippen LogP contribution in [-0.2, 0) is 24.2 Å². The summed E-state index contributed by atoms with van der Waals surface area (Å²) in [6.45, 7) is 6.09. The van der Waals surface area contributed by atoms with Crippen molar-refractivity contribution in [2.24, 2.45) is 4.99 Å². The fourth-order valence-electron chi connectivity index (χ4n) is 3.59. The second-order valence-corrected chi connectivity index (χ2v) is 8.46. The van der Waals surface area contributed by atoms with Crippen LogP contribution < -0.4 is 5.32 Å². The van der Waals surface area contributed by atoms with Crippen molar-refractivity contribution in [3.8, 4) is 0 Å². The molecule has 1 aromatic heterocycles. The zero-order valence-corrected chi connectivity index (χ0v) is 21.1. The number of nitrogens with zero attached hydrogens (tertiary/aromatic N) is 3. The molecule has 0 radical (unpaired) electrons. The first-order valence-electron chi connectivity index (χ1n) is 10.5. The van der Waals surface area contributed by atoms with Crippen molar-refractivity contribution >= 4 is 47.2 Å². The summed E-state index contributed by atoms with van der Waals surface area (Å²) in [7, 11) is 2.07. The van der Waals surface area contributed by atoms with Crippen molar-refractivity contribution in [3.05, 3.63) is 57.8 Å². The van der Waals surface area contributed by atoms with Gasteiger partial charge in [0.05, 0.1) is 0 Å². The number of benzene rings is 1. The third-order valence-corrected chi connectivity index (χ3v) is 6.20. The Morgan fingerprint density at radius 3 is 2.77 bits per heavy atom. The number of thiophene rings is 1. The maximum Gasteiger partial charge on any atom is 0.222 e. The van der Waals surface area contributed by atoms with Crippen LogP contribution in [0.25, 0.3) is 0 Å². The fraction of sp³-hybridized carbons (Fsp3) is 0.478. The van der Waals surface area contributed by atoms with Gasteiger partial charge in [-0.1, -0.05) is 30.3 Å². The highest BCUT2D eigenvalue weighted by atomic mass is 127. The molecule has 0 spiro atoms. The van der Waals surface area contributed by atoms with Gasteiger partial charge in [0.25, 0.3) is 0 Å². The Balaban J connectivity index is 0.00000320. The Hall–Kier alpha value is -1.61. The minimum atomic E-state index is 0. The van der Waals surface area contributed by atoms with Crippen LogP contribution in [0.3, 0.4) is 0 Å². The van der Waals surface area contributed by atoms with E-state index in [-0.39, 0.29) is 29.9 Å². The van der Waals surface area contributed by atoms with E-state index in [1.165, 1.54) is 16.0 Å². The number of guanidine groups is 1. The normalized spacial score (nSPS) is 13.4. The number of fused-ring (bicyclic) bond motifs is 1. The van der Waals surface area contributed by atoms with Crippen LogP contribution in [0.5, 0.6) is 0 Å². The summed E-state index contributed by atoms with van der Waals surface area (Å²) in [5.74, 6) is 1.16. The molecule has 3 rings (SSSR count). The molecule has 5 nitrogen and oxygen atoms in total. The summed E-state index contributed by atoms with van der Waals surface area (Å²) in [5, 5.41) is 5.48. The van der Waals surface area contributed by atoms with E-state index in [9.17, 15) is 4.79 Å². The van der Waals surface area contributed by atoms with Crippen molar-refractivity contribution < 1.29 is 4.79 Å². The van der Waals surface area contributed by atoms with Crippen LogP contribution in [0.15, 0.2) is 46.8 Å². The van der Waals surface area contributed by atoms with Gasteiger partial charge in [-0.2, -0.15) is 0 Å². The maximum absolute atomic E-state index is 12.6. The van der Waals surface area contributed by atoms with E-state index in [0.29, 0.717) is 13.0 Å². The van der Waals surface area contributed by atoms with Crippen molar-refractivity contribution in [3.63, 3.8) is 0 Å². The lowest BCUT2D eigenvalue weighted by molar-refractivity contribution is -0.132. The third kappa shape index (κ3) is 7.27. The minimum Gasteiger partial charge on any atom is -0.357 e. The number of halogens is 1. The molecule has 1 aliphatic rings. The van der Waals surface area contributed by atoms with E-state index < -0.39 is 0 Å². The van der Waals surface area contributed by atoms with Crippen LogP contribution >= 0.6 is 35.3 Å². The molecule has 0 atom stereocenters. The average Bonchev–Trinajstić information content (AvgIpc) is 3.27. The van der Waals surface area contributed by atoms with Gasteiger partial charge >= 0.3 is 0 Å². The first kappa shape index (κ1) is 24.7. The third-order valence-electron chi connectivity index (χ3n) is 5.26. The molecule has 1 aliphatic heterocycles. The number of carbonyl (C=O) groups excluding carboxylic acids is 1. The highest BCUT2D eigenvalue weighted by Gasteiger charge is 2.19. The highest BCUT2D eigenvalue weighted by molar-refractivity contribution is 14.0. The van der Waals surface area contributed by atoms with Gasteiger partial charge in [0.15, 0.2) is 5.96 Å². The number of aliphatic imine (C=N–C) groups is 1. The van der Waals surface area contributed by atoms with Gasteiger partial charge in [-0.15, -0.1) is 35.3 Å². The lowest BCUT2D eigenvalue weighted by Crippen LogP contribution is -2.40. The molecular weight excluding hydrogens is 507 g/mol. The molecule has 0 unspecified atom stereocenters. The molecule has 0 bridgehead atoms. The Morgan fingerprint density at radius 1 is 1.23 bits per heavy atom. The maximum atomic E-state index is 12.6. The summed E-state index contributed by atoms with van der Waals surface area (Å²) in [5.41, 5.74) is 2.66. The molecule has 1 amide bonds. The van der Waals surface area contributed by atoms with Crippen molar-refractivity contribution in [1.29, 1.82) is 0 Å². The first-order chi connectivity index (χ1) is 14.2. The van der Waals surface area contributed by atoms with Crippen LogP contribution in [0.4, 0.5) is 0 Å². The number of hydrogen-bond acceptors (Lipinski definition) is 3. The van der Waals surface area contributed by atoms with Crippen LogP contribution in [-0.4, -0.2) is 54.9 Å². The van der Waals surface area contributed by atoms with E-state index in [4.69, 9.17) is 4.99 Å². The largest absolute Gasteiger partial charge is 0.357 e. The van der Waals surface area contributed by atoms with E-state index in [0.717, 1.165) is 51.4 Å². The van der Waals surface area contributed by atoms with Crippen LogP contribution in [0.2, 0.25) is 0 Å². The Morgan fingerprint density at radius 2 is 2.03 bits per heavy atom. The Kier molecular flexibility index (Phi) is 10.6. The predicted octanol–water partition coefficient (Wildman–Crippen LogP) is 4.17. The molecule has 30 heavy (non-hydrogen) atoms. The molecule has 2 heterocycles. The van der Waals surface area contributed by atoms with Gasteiger partial charge in [0.1, 0.15) is 0 Å². The molecule has 0 aliphatic carbocycles. The average molecular weight is 541 g/mol. The summed E-state index contributed by atoms with van der Waals surface area (Å²) in [6.07, 6.45) is 3.32. The minimum absolute atomic E-state index is 0. The molecule has 0 saturated carbocycles. The van der Waals surface area contributed by atoms with Gasteiger partial charge < -0.3 is 15.1 Å². The second kappa shape index (κ2) is 12.9. The predicted molar refractivity (Wildman–Crippen MR) is 137 cm³/mol. The number of nitrogens with one attached hydrogen (secondary N) is 1. The number of likely N-dealkylation sites (N-methyl/N-ethyl adjacent to an activating group) is 1. The van der Waals surface area contributed by atoms with Gasteiger partial charge in [-0.05, 0) is 48.8 Å². The van der Waals surface area contributed by atoms with E-state index in [1.54, 1.807) is 11.3 Å². The molecule has 0 fully saturated rings. The standard InChI is InChI=1S/C23H32N4OS.HI/c1-3-24-23(26(2)15-13-21-10-7-17-29-21)25-14-6-11-22(28)27-16-12-19-8-4-5-9-20(19)18-27;/h4-5,7-10,17H,3,6,11-16,18H2,1-2H3,(H,24,25);1H. The van der Waals surface area contributed by atoms with Crippen LogP contribution in [0.1, 0.15) is 35.8 Å². The van der Waals surface area contributed by atoms with Crippen molar-refractivity contribution in [2.45, 2.75) is 39.2 Å². The zero-order chi connectivity index (χ0) is 20.5. The smallest absolute Gasteiger partial charge is 0.222 e. The number of amides is 1. The summed E-state index contributed by atoms with van der Waals surface area (Å²) >= 11 is 1.79. The van der Waals surface area contributed by atoms with Crippen LogP contribution in [0, 0.1) is 0 Å². The highest BCUT2D eigenvalue weighted by Crippen LogP contribution is 2.19. The second-order valence-electron chi connectivity index (χ2n) is 7.42. The van der Waals surface area contributed by atoms with E-state index in [1.807, 2.05) is 4.90 Å². The van der Waals surface area contributed by atoms with E-state index in [2.05, 4.69) is 66.0 Å². The zero-order valence-electron chi connectivity index (χ0n) is 18.0. The number of hydrogen-bond donors (Lipinski definition) is 1. The fourth-order valence-corrected chi connectivity index (χ4v) is 4.29. The number of rotatable bonds is 8.